The van der Waals surface area contributed by atoms with Crippen LogP contribution < -0.4 is 9.47 Å². The van der Waals surface area contributed by atoms with Gasteiger partial charge in [-0.2, -0.15) is 5.26 Å². The van der Waals surface area contributed by atoms with Crippen LogP contribution in [-0.2, 0) is 6.42 Å². The SMILES string of the molecule is N#CCc1cc(-c2ccc3c(c2)OCCO3)on1. The van der Waals surface area contributed by atoms with Gasteiger partial charge in [0.05, 0.1) is 18.2 Å². The number of aromatic nitrogens is 1. The summed E-state index contributed by atoms with van der Waals surface area (Å²) in [6.07, 6.45) is 0.244. The second-order valence-electron chi connectivity index (χ2n) is 3.88. The quantitative estimate of drug-likeness (QED) is 0.807. The molecule has 90 valence electrons. The summed E-state index contributed by atoms with van der Waals surface area (Å²) in [6.45, 7) is 1.12. The van der Waals surface area contributed by atoms with Crippen LogP contribution in [0.4, 0.5) is 0 Å². The zero-order valence-electron chi connectivity index (χ0n) is 9.55. The molecule has 0 unspecified atom stereocenters. The van der Waals surface area contributed by atoms with Crippen molar-refractivity contribution < 1.29 is 14.0 Å². The first-order chi connectivity index (χ1) is 8.86. The lowest BCUT2D eigenvalue weighted by molar-refractivity contribution is 0.171. The predicted octanol–water partition coefficient (Wildman–Crippen LogP) is 2.18. The Balaban J connectivity index is 1.93. The van der Waals surface area contributed by atoms with E-state index in [9.17, 15) is 0 Å². The third-order valence-electron chi connectivity index (χ3n) is 2.65. The molecule has 0 saturated carbocycles. The molecule has 1 aromatic carbocycles. The summed E-state index contributed by atoms with van der Waals surface area (Å²) < 4.78 is 16.1. The van der Waals surface area contributed by atoms with E-state index >= 15 is 0 Å². The second-order valence-corrected chi connectivity index (χ2v) is 3.88. The molecule has 0 N–H and O–H groups in total. The molecule has 18 heavy (non-hydrogen) atoms. The van der Waals surface area contributed by atoms with Crippen LogP contribution in [0.1, 0.15) is 5.69 Å². The topological polar surface area (TPSA) is 68.3 Å². The van der Waals surface area contributed by atoms with Crippen molar-refractivity contribution in [1.82, 2.24) is 5.16 Å². The Morgan fingerprint density at radius 1 is 1.17 bits per heavy atom. The molecular formula is C13H10N2O3. The molecule has 5 nitrogen and oxygen atoms in total. The van der Waals surface area contributed by atoms with E-state index in [2.05, 4.69) is 5.16 Å². The minimum absolute atomic E-state index is 0.244. The largest absolute Gasteiger partial charge is 0.486 e. The van der Waals surface area contributed by atoms with Gasteiger partial charge in [0.1, 0.15) is 13.2 Å². The zero-order chi connectivity index (χ0) is 12.4. The van der Waals surface area contributed by atoms with Crippen LogP contribution in [0.15, 0.2) is 28.8 Å². The van der Waals surface area contributed by atoms with Crippen molar-refractivity contribution in [2.24, 2.45) is 0 Å². The number of hydrogen-bond donors (Lipinski definition) is 0. The zero-order valence-corrected chi connectivity index (χ0v) is 9.55. The van der Waals surface area contributed by atoms with E-state index < -0.39 is 0 Å². The lowest BCUT2D eigenvalue weighted by Gasteiger charge is -2.18. The van der Waals surface area contributed by atoms with Crippen molar-refractivity contribution >= 4 is 0 Å². The number of ether oxygens (including phenoxy) is 2. The molecule has 1 aromatic heterocycles. The van der Waals surface area contributed by atoms with Gasteiger partial charge in [-0.15, -0.1) is 0 Å². The maximum absolute atomic E-state index is 8.59. The van der Waals surface area contributed by atoms with Gasteiger partial charge in [0.25, 0.3) is 0 Å². The molecule has 2 heterocycles. The molecule has 0 bridgehead atoms. The first-order valence-electron chi connectivity index (χ1n) is 5.59. The fourth-order valence-corrected chi connectivity index (χ4v) is 1.81. The maximum Gasteiger partial charge on any atom is 0.167 e. The minimum Gasteiger partial charge on any atom is -0.486 e. The Morgan fingerprint density at radius 3 is 2.83 bits per heavy atom. The molecule has 0 saturated heterocycles. The smallest absolute Gasteiger partial charge is 0.167 e. The molecule has 1 aliphatic rings. The highest BCUT2D eigenvalue weighted by atomic mass is 16.6. The summed E-state index contributed by atoms with van der Waals surface area (Å²) in [4.78, 5) is 0. The third kappa shape index (κ3) is 1.89. The van der Waals surface area contributed by atoms with E-state index in [1.165, 1.54) is 0 Å². The molecule has 2 aromatic rings. The van der Waals surface area contributed by atoms with Crippen molar-refractivity contribution in [3.63, 3.8) is 0 Å². The molecule has 3 rings (SSSR count). The van der Waals surface area contributed by atoms with Crippen molar-refractivity contribution in [3.05, 3.63) is 30.0 Å². The van der Waals surface area contributed by atoms with Crippen molar-refractivity contribution in [1.29, 1.82) is 5.26 Å². The van der Waals surface area contributed by atoms with Crippen LogP contribution in [0, 0.1) is 11.3 Å². The molecule has 0 spiro atoms. The number of rotatable bonds is 2. The van der Waals surface area contributed by atoms with E-state index in [0.29, 0.717) is 30.4 Å². The Kier molecular flexibility index (Phi) is 2.61. The van der Waals surface area contributed by atoms with Gasteiger partial charge in [-0.1, -0.05) is 5.16 Å². The number of hydrogen-bond acceptors (Lipinski definition) is 5. The first kappa shape index (κ1) is 10.7. The van der Waals surface area contributed by atoms with Crippen LogP contribution in [0.3, 0.4) is 0 Å². The van der Waals surface area contributed by atoms with Gasteiger partial charge < -0.3 is 14.0 Å². The lowest BCUT2D eigenvalue weighted by atomic mass is 10.1. The van der Waals surface area contributed by atoms with Gasteiger partial charge in [0.2, 0.25) is 0 Å². The van der Waals surface area contributed by atoms with Crippen LogP contribution >= 0.6 is 0 Å². The molecule has 1 aliphatic heterocycles. The van der Waals surface area contributed by atoms with Gasteiger partial charge in [-0.05, 0) is 18.2 Å². The highest BCUT2D eigenvalue weighted by molar-refractivity contribution is 5.63. The fourth-order valence-electron chi connectivity index (χ4n) is 1.81. The van der Waals surface area contributed by atoms with E-state index in [0.717, 1.165) is 11.3 Å². The first-order valence-corrected chi connectivity index (χ1v) is 5.59. The highest BCUT2D eigenvalue weighted by Gasteiger charge is 2.14. The summed E-state index contributed by atoms with van der Waals surface area (Å²) >= 11 is 0. The lowest BCUT2D eigenvalue weighted by Crippen LogP contribution is -2.15. The second kappa shape index (κ2) is 4.41. The molecular weight excluding hydrogens is 232 g/mol. The molecule has 0 aliphatic carbocycles. The van der Waals surface area contributed by atoms with Gasteiger partial charge in [-0.25, -0.2) is 0 Å². The summed E-state index contributed by atoms with van der Waals surface area (Å²) in [5.41, 5.74) is 1.48. The maximum atomic E-state index is 8.59. The van der Waals surface area contributed by atoms with E-state index in [4.69, 9.17) is 19.3 Å². The van der Waals surface area contributed by atoms with Crippen LogP contribution in [0.2, 0.25) is 0 Å². The van der Waals surface area contributed by atoms with E-state index in [1.54, 1.807) is 6.07 Å². The minimum atomic E-state index is 0.244. The Morgan fingerprint density at radius 2 is 2.00 bits per heavy atom. The summed E-state index contributed by atoms with van der Waals surface area (Å²) in [5, 5.41) is 12.4. The Hall–Kier alpha value is -2.48. The number of nitrogens with zero attached hydrogens (tertiary/aromatic N) is 2. The van der Waals surface area contributed by atoms with Crippen molar-refractivity contribution in [2.75, 3.05) is 13.2 Å². The summed E-state index contributed by atoms with van der Waals surface area (Å²) in [5.74, 6) is 2.07. The van der Waals surface area contributed by atoms with Gasteiger partial charge in [0, 0.05) is 11.6 Å². The number of benzene rings is 1. The standard InChI is InChI=1S/C13H10N2O3/c14-4-3-10-8-12(18-15-10)9-1-2-11-13(7-9)17-6-5-16-11/h1-2,7-8H,3,5-6H2. The van der Waals surface area contributed by atoms with Crippen molar-refractivity contribution in [2.45, 2.75) is 6.42 Å². The predicted molar refractivity (Wildman–Crippen MR) is 62.2 cm³/mol. The monoisotopic (exact) mass is 242 g/mol. The average Bonchev–Trinajstić information content (AvgIpc) is 2.87. The van der Waals surface area contributed by atoms with Gasteiger partial charge >= 0.3 is 0 Å². The van der Waals surface area contributed by atoms with E-state index in [1.807, 2.05) is 24.3 Å². The third-order valence-corrected chi connectivity index (χ3v) is 2.65. The molecule has 0 radical (unpaired) electrons. The Labute approximate surface area is 104 Å². The number of nitriles is 1. The molecule has 5 heteroatoms. The van der Waals surface area contributed by atoms with Crippen LogP contribution in [-0.4, -0.2) is 18.4 Å². The normalized spacial score (nSPS) is 13.1. The highest BCUT2D eigenvalue weighted by Crippen LogP contribution is 2.34. The average molecular weight is 242 g/mol. The summed E-state index contributed by atoms with van der Waals surface area (Å²) in [6, 6.07) is 9.37. The summed E-state index contributed by atoms with van der Waals surface area (Å²) in [7, 11) is 0. The van der Waals surface area contributed by atoms with Crippen molar-refractivity contribution in [3.8, 4) is 28.9 Å². The van der Waals surface area contributed by atoms with Gasteiger partial charge in [-0.3, -0.25) is 0 Å². The van der Waals surface area contributed by atoms with E-state index in [-0.39, 0.29) is 6.42 Å². The fraction of sp³-hybridized carbons (Fsp3) is 0.231. The van der Waals surface area contributed by atoms with Gasteiger partial charge in [0.15, 0.2) is 17.3 Å². The van der Waals surface area contributed by atoms with Crippen LogP contribution in [0.25, 0.3) is 11.3 Å². The molecule has 0 fully saturated rings. The molecule has 0 atom stereocenters. The number of fused-ring (bicyclic) bond motifs is 1. The molecule has 0 amide bonds. The van der Waals surface area contributed by atoms with Crippen LogP contribution in [0.5, 0.6) is 11.5 Å². The Bertz CT molecular complexity index is 613.